The molecule has 0 aliphatic heterocycles. The number of nitrogens with zero attached hydrogens (tertiary/aromatic N) is 2. The number of benzene rings is 22. The van der Waals surface area contributed by atoms with Gasteiger partial charge in [-0.05, 0) is 284 Å². The lowest BCUT2D eigenvalue weighted by Crippen LogP contribution is -2.16. The van der Waals surface area contributed by atoms with Gasteiger partial charge in [0.2, 0.25) is 0 Å². The molecule has 0 radical (unpaired) electrons. The van der Waals surface area contributed by atoms with Gasteiger partial charge < -0.3 is 27.5 Å². The first kappa shape index (κ1) is 76.9. The van der Waals surface area contributed by atoms with Crippen molar-refractivity contribution in [1.29, 1.82) is 0 Å². The molecule has 27 rings (SSSR count). The van der Waals surface area contributed by atoms with Crippen molar-refractivity contribution < 1.29 is 17.7 Å². The Balaban J connectivity index is 0.000000139. The quantitative estimate of drug-likeness (QED) is 0.115. The summed E-state index contributed by atoms with van der Waals surface area (Å²) in [6, 6.07) is 166. The Kier molecular flexibility index (Phi) is 17.9. The molecule has 1 aliphatic carbocycles. The van der Waals surface area contributed by atoms with Crippen molar-refractivity contribution >= 4 is 165 Å². The molecular weight excluding hydrogens is 1620 g/mol. The zero-order valence-electron chi connectivity index (χ0n) is 72.9. The second kappa shape index (κ2) is 31.0. The van der Waals surface area contributed by atoms with Crippen LogP contribution in [0.25, 0.3) is 220 Å². The second-order valence-corrected chi connectivity index (χ2v) is 35.7. The standard InChI is InChI=1S/C65H43NO2.C62H39NO2/c1-65(2)57-36-45(40-10-4-3-5-11-40)20-30-53(57)54-33-29-50(39-58(54)65)66(48-25-16-41(17-26-48)46-21-31-55-61(37-46)67-59-34-23-43-12-6-8-14-51(43)63(55)59)49-27-18-42(19-28-49)47-22-32-56-62(38-47)68-60-35-24-44-13-7-9-15-52(44)64(56)60;1-2-8-40(9-3-1)41-14-16-42(17-15-41)43-18-28-50(29-19-43)63(51-30-20-44(21-31-51)48-26-34-55-57-36-24-46-10-4-6-12-53(46)61(57)64-59(55)38-48)52-32-22-45(23-33-52)49-27-35-56-58-37-25-47-11-5-7-13-54(47)62(58)65-60(56)39-49/h3-39H,1-2H3;1-39H. The molecule has 4 aromatic heterocycles. The Morgan fingerprint density at radius 3 is 0.820 bits per heavy atom. The minimum absolute atomic E-state index is 0.200. The highest BCUT2D eigenvalue weighted by atomic mass is 16.3. The Labute approximate surface area is 767 Å². The maximum Gasteiger partial charge on any atom is 0.143 e. The molecule has 1 aliphatic rings. The average molecular weight is 1700 g/mol. The van der Waals surface area contributed by atoms with E-state index in [1.54, 1.807) is 0 Å². The molecule has 0 fully saturated rings. The van der Waals surface area contributed by atoms with E-state index in [1.807, 2.05) is 0 Å². The molecule has 0 spiro atoms. The summed E-state index contributed by atoms with van der Waals surface area (Å²) < 4.78 is 26.1. The molecule has 624 valence electrons. The first-order chi connectivity index (χ1) is 65.6. The number of anilines is 6. The van der Waals surface area contributed by atoms with Crippen LogP contribution in [0.3, 0.4) is 0 Å². The summed E-state index contributed by atoms with van der Waals surface area (Å²) in [4.78, 5) is 4.72. The molecule has 0 atom stereocenters. The van der Waals surface area contributed by atoms with E-state index in [4.69, 9.17) is 17.7 Å². The molecule has 0 unspecified atom stereocenters. The molecule has 0 saturated heterocycles. The fraction of sp³-hybridized carbons (Fsp3) is 0.0236. The lowest BCUT2D eigenvalue weighted by molar-refractivity contribution is 0.660. The summed E-state index contributed by atoms with van der Waals surface area (Å²) in [7, 11) is 0. The molecule has 0 bridgehead atoms. The van der Waals surface area contributed by atoms with Gasteiger partial charge in [-0.25, -0.2) is 0 Å². The van der Waals surface area contributed by atoms with Crippen LogP contribution in [-0.4, -0.2) is 0 Å². The number of hydrogen-bond acceptors (Lipinski definition) is 6. The van der Waals surface area contributed by atoms with Crippen LogP contribution in [0.15, 0.2) is 479 Å². The highest BCUT2D eigenvalue weighted by molar-refractivity contribution is 6.22. The Morgan fingerprint density at radius 2 is 0.421 bits per heavy atom. The van der Waals surface area contributed by atoms with Gasteiger partial charge in [-0.15, -0.1) is 0 Å². The van der Waals surface area contributed by atoms with Crippen molar-refractivity contribution in [2.24, 2.45) is 0 Å². The summed E-state index contributed by atoms with van der Waals surface area (Å²) in [6.45, 7) is 4.74. The summed E-state index contributed by atoms with van der Waals surface area (Å²) in [6.07, 6.45) is 0. The van der Waals surface area contributed by atoms with Crippen LogP contribution in [-0.2, 0) is 5.41 Å². The second-order valence-electron chi connectivity index (χ2n) is 35.7. The van der Waals surface area contributed by atoms with E-state index in [0.717, 1.165) is 166 Å². The van der Waals surface area contributed by atoms with Crippen molar-refractivity contribution in [3.8, 4) is 89.0 Å². The van der Waals surface area contributed by atoms with Crippen LogP contribution in [0.2, 0.25) is 0 Å². The highest BCUT2D eigenvalue weighted by Gasteiger charge is 2.37. The zero-order valence-corrected chi connectivity index (χ0v) is 72.9. The third-order valence-corrected chi connectivity index (χ3v) is 27.8. The van der Waals surface area contributed by atoms with Crippen LogP contribution in [0.1, 0.15) is 25.0 Å². The smallest absolute Gasteiger partial charge is 0.143 e. The lowest BCUT2D eigenvalue weighted by atomic mass is 9.81. The number of hydrogen-bond donors (Lipinski definition) is 0. The van der Waals surface area contributed by atoms with Crippen LogP contribution in [0.5, 0.6) is 0 Å². The number of rotatable bonds is 13. The van der Waals surface area contributed by atoms with E-state index in [0.29, 0.717) is 0 Å². The third-order valence-electron chi connectivity index (χ3n) is 27.8. The van der Waals surface area contributed by atoms with E-state index in [1.165, 1.54) is 98.7 Å². The Hall–Kier alpha value is -17.3. The lowest BCUT2D eigenvalue weighted by Gasteiger charge is -2.28. The first-order valence-corrected chi connectivity index (χ1v) is 45.6. The SMILES string of the molecule is CC1(C)c2cc(-c3ccccc3)ccc2-c2ccc(N(c3ccc(-c4ccc5c(c4)oc4ccc6ccccc6c45)cc3)c3ccc(-c4ccc5c(c4)oc4ccc6ccccc6c45)cc3)cc21.c1ccc(-c2ccc(-c3ccc(N(c4ccc(-c5ccc6c(c5)oc5c7ccccc7ccc65)cc4)c4ccc(-c5ccc6c(c5)oc5c7ccccc7ccc65)cc4)cc3)cc2)cc1. The molecule has 0 amide bonds. The van der Waals surface area contributed by atoms with E-state index in [9.17, 15) is 0 Å². The fourth-order valence-electron chi connectivity index (χ4n) is 20.9. The van der Waals surface area contributed by atoms with E-state index >= 15 is 0 Å². The predicted molar refractivity (Wildman–Crippen MR) is 557 cm³/mol. The topological polar surface area (TPSA) is 59.0 Å². The number of furan rings is 4. The van der Waals surface area contributed by atoms with Gasteiger partial charge in [0.05, 0.1) is 0 Å². The molecule has 22 aromatic carbocycles. The third kappa shape index (κ3) is 13.2. The van der Waals surface area contributed by atoms with E-state index < -0.39 is 0 Å². The molecule has 0 saturated carbocycles. The summed E-state index contributed by atoms with van der Waals surface area (Å²) in [5.74, 6) is 0. The molecule has 26 aromatic rings. The normalized spacial score (nSPS) is 12.3. The predicted octanol–water partition coefficient (Wildman–Crippen LogP) is 36.5. The zero-order chi connectivity index (χ0) is 87.9. The van der Waals surface area contributed by atoms with Gasteiger partial charge in [-0.2, -0.15) is 0 Å². The van der Waals surface area contributed by atoms with Crippen LogP contribution >= 0.6 is 0 Å². The van der Waals surface area contributed by atoms with Crippen LogP contribution in [0.4, 0.5) is 34.1 Å². The first-order valence-electron chi connectivity index (χ1n) is 45.6. The van der Waals surface area contributed by atoms with Crippen molar-refractivity contribution in [2.45, 2.75) is 19.3 Å². The van der Waals surface area contributed by atoms with Gasteiger partial charge in [-0.1, -0.05) is 323 Å². The van der Waals surface area contributed by atoms with Crippen LogP contribution < -0.4 is 9.80 Å². The minimum Gasteiger partial charge on any atom is -0.456 e. The number of fused-ring (bicyclic) bond motifs is 23. The fourth-order valence-corrected chi connectivity index (χ4v) is 20.9. The average Bonchev–Trinajstić information content (AvgIpc) is 1.56. The van der Waals surface area contributed by atoms with Crippen molar-refractivity contribution in [3.05, 3.63) is 472 Å². The maximum absolute atomic E-state index is 6.55. The van der Waals surface area contributed by atoms with Crippen molar-refractivity contribution in [3.63, 3.8) is 0 Å². The Bertz CT molecular complexity index is 8720. The van der Waals surface area contributed by atoms with Gasteiger partial charge in [0.1, 0.15) is 44.7 Å². The molecule has 4 heterocycles. The molecule has 0 N–H and O–H groups in total. The minimum atomic E-state index is -0.200. The Morgan fingerprint density at radius 1 is 0.165 bits per heavy atom. The largest absolute Gasteiger partial charge is 0.456 e. The van der Waals surface area contributed by atoms with Gasteiger partial charge in [0.15, 0.2) is 0 Å². The van der Waals surface area contributed by atoms with Gasteiger partial charge in [0.25, 0.3) is 0 Å². The summed E-state index contributed by atoms with van der Waals surface area (Å²) >= 11 is 0. The van der Waals surface area contributed by atoms with Gasteiger partial charge >= 0.3 is 0 Å². The van der Waals surface area contributed by atoms with Gasteiger partial charge in [-0.3, -0.25) is 0 Å². The van der Waals surface area contributed by atoms with Crippen LogP contribution in [0, 0.1) is 0 Å². The summed E-state index contributed by atoms with van der Waals surface area (Å²) in [5, 5.41) is 18.6. The van der Waals surface area contributed by atoms with E-state index in [-0.39, 0.29) is 5.41 Å². The van der Waals surface area contributed by atoms with Crippen molar-refractivity contribution in [2.75, 3.05) is 9.80 Å². The van der Waals surface area contributed by atoms with Gasteiger partial charge in [0, 0.05) is 93.4 Å². The van der Waals surface area contributed by atoms with Crippen molar-refractivity contribution in [1.82, 2.24) is 0 Å². The molecular formula is C127H82N2O4. The van der Waals surface area contributed by atoms with E-state index in [2.05, 4.69) is 485 Å². The summed E-state index contributed by atoms with van der Waals surface area (Å²) in [5.41, 5.74) is 35.0. The molecule has 6 heteroatoms. The highest BCUT2D eigenvalue weighted by Crippen LogP contribution is 2.53. The maximum atomic E-state index is 6.55. The molecule has 133 heavy (non-hydrogen) atoms. The monoisotopic (exact) mass is 1700 g/mol. The molecule has 6 nitrogen and oxygen atoms in total.